The number of anilines is 1. The zero-order valence-electron chi connectivity index (χ0n) is 10.9. The third-order valence-electron chi connectivity index (χ3n) is 4.87. The summed E-state index contributed by atoms with van der Waals surface area (Å²) in [6.07, 6.45) is 10.7. The molecule has 0 bridgehead atoms. The zero-order valence-corrected chi connectivity index (χ0v) is 10.9. The number of aliphatic hydroxyl groups excluding tert-OH is 1. The van der Waals surface area contributed by atoms with Gasteiger partial charge in [-0.15, -0.1) is 0 Å². The van der Waals surface area contributed by atoms with E-state index in [1.165, 1.54) is 31.4 Å². The highest BCUT2D eigenvalue weighted by Crippen LogP contribution is 2.45. The van der Waals surface area contributed by atoms with Crippen molar-refractivity contribution in [1.82, 2.24) is 4.98 Å². The van der Waals surface area contributed by atoms with E-state index in [1.807, 2.05) is 12.4 Å². The summed E-state index contributed by atoms with van der Waals surface area (Å²) in [5.41, 5.74) is 1.83. The molecule has 98 valence electrons. The van der Waals surface area contributed by atoms with Crippen LogP contribution in [0.3, 0.4) is 0 Å². The Kier molecular flexibility index (Phi) is 3.25. The van der Waals surface area contributed by atoms with Gasteiger partial charge in [-0.25, -0.2) is 0 Å². The summed E-state index contributed by atoms with van der Waals surface area (Å²) in [4.78, 5) is 6.55. The Morgan fingerprint density at radius 2 is 1.67 bits per heavy atom. The number of aromatic nitrogens is 1. The van der Waals surface area contributed by atoms with Crippen LogP contribution in [0.5, 0.6) is 0 Å². The highest BCUT2D eigenvalue weighted by molar-refractivity contribution is 5.45. The van der Waals surface area contributed by atoms with Crippen LogP contribution in [0.1, 0.15) is 38.5 Å². The number of hydrogen-bond donors (Lipinski definition) is 1. The summed E-state index contributed by atoms with van der Waals surface area (Å²) < 4.78 is 0. The Balaban J connectivity index is 1.61. The van der Waals surface area contributed by atoms with Crippen LogP contribution < -0.4 is 4.90 Å². The maximum Gasteiger partial charge on any atom is 0.0540 e. The molecular formula is C15H22N2O. The van der Waals surface area contributed by atoms with Crippen LogP contribution in [-0.4, -0.2) is 29.3 Å². The largest absolute Gasteiger partial charge is 0.393 e. The van der Waals surface area contributed by atoms with Gasteiger partial charge in [0, 0.05) is 31.2 Å². The first-order chi connectivity index (χ1) is 8.77. The first-order valence-electron chi connectivity index (χ1n) is 7.11. The highest BCUT2D eigenvalue weighted by atomic mass is 16.3. The van der Waals surface area contributed by atoms with E-state index < -0.39 is 0 Å². The zero-order chi connectivity index (χ0) is 12.4. The standard InChI is InChI=1S/C15H22N2O/c18-14-1-5-15(6-2-14)7-11-17(12-8-15)13-3-9-16-10-4-13/h3-4,9-10,14,18H,1-2,5-8,11-12H2. The van der Waals surface area contributed by atoms with Crippen molar-refractivity contribution in [1.29, 1.82) is 0 Å². The molecular weight excluding hydrogens is 224 g/mol. The number of piperidine rings is 1. The van der Waals surface area contributed by atoms with Crippen LogP contribution in [0.2, 0.25) is 0 Å². The summed E-state index contributed by atoms with van der Waals surface area (Å²) in [5, 5.41) is 9.64. The Bertz CT molecular complexity index is 375. The van der Waals surface area contributed by atoms with Crippen LogP contribution in [0, 0.1) is 5.41 Å². The summed E-state index contributed by atoms with van der Waals surface area (Å²) in [6.45, 7) is 2.31. The monoisotopic (exact) mass is 246 g/mol. The SMILES string of the molecule is OC1CCC2(CC1)CCN(c1ccncc1)CC2. The fourth-order valence-corrected chi connectivity index (χ4v) is 3.51. The summed E-state index contributed by atoms with van der Waals surface area (Å²) in [6, 6.07) is 4.20. The quantitative estimate of drug-likeness (QED) is 0.827. The molecule has 1 N–H and O–H groups in total. The van der Waals surface area contributed by atoms with Gasteiger partial charge >= 0.3 is 0 Å². The van der Waals surface area contributed by atoms with Gasteiger partial charge in [0.25, 0.3) is 0 Å². The van der Waals surface area contributed by atoms with Crippen molar-refractivity contribution < 1.29 is 5.11 Å². The Labute approximate surface area is 109 Å². The first-order valence-corrected chi connectivity index (χ1v) is 7.11. The molecule has 2 aliphatic rings. The summed E-state index contributed by atoms with van der Waals surface area (Å²) in [5.74, 6) is 0. The molecule has 18 heavy (non-hydrogen) atoms. The fourth-order valence-electron chi connectivity index (χ4n) is 3.51. The van der Waals surface area contributed by atoms with Gasteiger partial charge in [0.1, 0.15) is 0 Å². The van der Waals surface area contributed by atoms with Gasteiger partial charge in [-0.2, -0.15) is 0 Å². The molecule has 3 rings (SSSR count). The van der Waals surface area contributed by atoms with E-state index in [4.69, 9.17) is 0 Å². The van der Waals surface area contributed by atoms with Gasteiger partial charge < -0.3 is 10.0 Å². The minimum absolute atomic E-state index is 0.0335. The van der Waals surface area contributed by atoms with E-state index in [9.17, 15) is 5.11 Å². The molecule has 1 saturated heterocycles. The highest BCUT2D eigenvalue weighted by Gasteiger charge is 2.37. The Hall–Kier alpha value is -1.09. The molecule has 0 atom stereocenters. The number of hydrogen-bond acceptors (Lipinski definition) is 3. The van der Waals surface area contributed by atoms with Crippen molar-refractivity contribution in [2.75, 3.05) is 18.0 Å². The predicted molar refractivity (Wildman–Crippen MR) is 72.6 cm³/mol. The van der Waals surface area contributed by atoms with E-state index in [2.05, 4.69) is 22.0 Å². The molecule has 3 heteroatoms. The van der Waals surface area contributed by atoms with Gasteiger partial charge in [-0.05, 0) is 56.1 Å². The van der Waals surface area contributed by atoms with Crippen molar-refractivity contribution in [2.24, 2.45) is 5.41 Å². The van der Waals surface area contributed by atoms with Crippen molar-refractivity contribution >= 4 is 5.69 Å². The lowest BCUT2D eigenvalue weighted by Crippen LogP contribution is -2.42. The molecule has 0 radical (unpaired) electrons. The maximum atomic E-state index is 9.64. The average molecular weight is 246 g/mol. The number of aliphatic hydroxyl groups is 1. The van der Waals surface area contributed by atoms with E-state index >= 15 is 0 Å². The molecule has 0 aromatic carbocycles. The van der Waals surface area contributed by atoms with Gasteiger partial charge in [0.2, 0.25) is 0 Å². The van der Waals surface area contributed by atoms with Gasteiger partial charge in [-0.3, -0.25) is 4.98 Å². The molecule has 3 nitrogen and oxygen atoms in total. The van der Waals surface area contributed by atoms with Gasteiger partial charge in [0.05, 0.1) is 6.10 Å². The molecule has 1 aromatic rings. The van der Waals surface area contributed by atoms with Crippen molar-refractivity contribution in [3.05, 3.63) is 24.5 Å². The molecule has 1 aliphatic heterocycles. The molecule has 2 fully saturated rings. The molecule has 0 amide bonds. The van der Waals surface area contributed by atoms with Crippen LogP contribution in [-0.2, 0) is 0 Å². The molecule has 1 saturated carbocycles. The van der Waals surface area contributed by atoms with Crippen LogP contribution >= 0.6 is 0 Å². The van der Waals surface area contributed by atoms with Crippen molar-refractivity contribution in [2.45, 2.75) is 44.6 Å². The minimum atomic E-state index is -0.0335. The van der Waals surface area contributed by atoms with Gasteiger partial charge in [0.15, 0.2) is 0 Å². The molecule has 2 heterocycles. The van der Waals surface area contributed by atoms with Crippen LogP contribution in [0.25, 0.3) is 0 Å². The third kappa shape index (κ3) is 2.37. The van der Waals surface area contributed by atoms with Crippen LogP contribution in [0.4, 0.5) is 5.69 Å². The second-order valence-corrected chi connectivity index (χ2v) is 5.92. The normalized spacial score (nSPS) is 24.4. The number of pyridine rings is 1. The average Bonchev–Trinajstić information content (AvgIpc) is 2.44. The van der Waals surface area contributed by atoms with Gasteiger partial charge in [-0.1, -0.05) is 0 Å². The van der Waals surface area contributed by atoms with E-state index in [0.717, 1.165) is 25.9 Å². The topological polar surface area (TPSA) is 36.4 Å². The fraction of sp³-hybridized carbons (Fsp3) is 0.667. The predicted octanol–water partition coefficient (Wildman–Crippen LogP) is 2.60. The lowest BCUT2D eigenvalue weighted by atomic mass is 9.67. The molecule has 0 unspecified atom stereocenters. The molecule has 1 aliphatic carbocycles. The smallest absolute Gasteiger partial charge is 0.0540 e. The second-order valence-electron chi connectivity index (χ2n) is 5.92. The van der Waals surface area contributed by atoms with E-state index in [0.29, 0.717) is 5.41 Å². The summed E-state index contributed by atoms with van der Waals surface area (Å²) in [7, 11) is 0. The third-order valence-corrected chi connectivity index (χ3v) is 4.87. The number of nitrogens with zero attached hydrogens (tertiary/aromatic N) is 2. The number of rotatable bonds is 1. The van der Waals surface area contributed by atoms with Crippen molar-refractivity contribution in [3.63, 3.8) is 0 Å². The lowest BCUT2D eigenvalue weighted by Gasteiger charge is -2.45. The lowest BCUT2D eigenvalue weighted by molar-refractivity contribution is 0.0478. The van der Waals surface area contributed by atoms with E-state index in [-0.39, 0.29) is 6.10 Å². The maximum absolute atomic E-state index is 9.64. The second kappa shape index (κ2) is 4.88. The first kappa shape index (κ1) is 12.0. The molecule has 1 spiro atoms. The van der Waals surface area contributed by atoms with Crippen molar-refractivity contribution in [3.8, 4) is 0 Å². The Morgan fingerprint density at radius 1 is 1.06 bits per heavy atom. The van der Waals surface area contributed by atoms with Crippen LogP contribution in [0.15, 0.2) is 24.5 Å². The molecule has 1 aromatic heterocycles. The summed E-state index contributed by atoms with van der Waals surface area (Å²) >= 11 is 0. The Morgan fingerprint density at radius 3 is 2.28 bits per heavy atom. The van der Waals surface area contributed by atoms with E-state index in [1.54, 1.807) is 0 Å². The minimum Gasteiger partial charge on any atom is -0.393 e.